The molecule has 0 saturated heterocycles. The Hall–Kier alpha value is -0.420. The zero-order valence-electron chi connectivity index (χ0n) is 18.3. The van der Waals surface area contributed by atoms with Crippen LogP contribution in [0.15, 0.2) is 16.0 Å². The summed E-state index contributed by atoms with van der Waals surface area (Å²) in [6.45, 7) is 4.15. The van der Waals surface area contributed by atoms with Gasteiger partial charge in [-0.2, -0.15) is 0 Å². The number of unbranched alkanes of at least 4 members (excludes halogenated alkanes) is 15. The first kappa shape index (κ1) is 25.6. The largest absolute Gasteiger partial charge is 0.301 e. The second-order valence-corrected chi connectivity index (χ2v) is 10.3. The number of hydrogen-bond donors (Lipinski definition) is 1. The van der Waals surface area contributed by atoms with Crippen LogP contribution in [0.2, 0.25) is 0 Å². The van der Waals surface area contributed by atoms with E-state index in [-0.39, 0.29) is 5.56 Å². The molecule has 0 bridgehead atoms. The molecule has 162 valence electrons. The second kappa shape index (κ2) is 18.6. The molecule has 0 aromatic carbocycles. The topological polar surface area (TPSA) is 45.8 Å². The van der Waals surface area contributed by atoms with Crippen molar-refractivity contribution in [3.63, 3.8) is 0 Å². The van der Waals surface area contributed by atoms with Crippen LogP contribution >= 0.6 is 21.6 Å². The smallest absolute Gasteiger partial charge is 0.251 e. The van der Waals surface area contributed by atoms with Crippen molar-refractivity contribution in [2.75, 3.05) is 5.75 Å². The molecule has 0 aliphatic rings. The molecule has 0 spiro atoms. The van der Waals surface area contributed by atoms with E-state index in [0.717, 1.165) is 16.6 Å². The molecule has 1 aromatic heterocycles. The molecule has 1 rings (SSSR count). The number of nitrogens with one attached hydrogen (secondary N) is 1. The van der Waals surface area contributed by atoms with Crippen LogP contribution in [0.3, 0.4) is 0 Å². The monoisotopic (exact) mass is 426 g/mol. The standard InChI is InChI=1S/C23H42N2OS2/c1-3-4-5-6-7-8-9-10-11-12-13-14-15-16-17-18-19-27-28-23-24-21(2)20-22(26)25-23/h20H,3-19H2,1-2H3,(H,24,25,26). The maximum absolute atomic E-state index is 11.4. The second-order valence-electron chi connectivity index (χ2n) is 7.90. The lowest BCUT2D eigenvalue weighted by Crippen LogP contribution is -2.07. The van der Waals surface area contributed by atoms with Crippen molar-refractivity contribution in [3.05, 3.63) is 22.1 Å². The van der Waals surface area contributed by atoms with E-state index >= 15 is 0 Å². The van der Waals surface area contributed by atoms with E-state index in [1.165, 1.54) is 109 Å². The van der Waals surface area contributed by atoms with Gasteiger partial charge in [0.15, 0.2) is 5.16 Å². The van der Waals surface area contributed by atoms with E-state index in [0.29, 0.717) is 0 Å². The third kappa shape index (κ3) is 15.5. The van der Waals surface area contributed by atoms with E-state index in [9.17, 15) is 4.79 Å². The molecule has 0 fully saturated rings. The maximum Gasteiger partial charge on any atom is 0.251 e. The summed E-state index contributed by atoms with van der Waals surface area (Å²) in [6.07, 6.45) is 22.5. The third-order valence-electron chi connectivity index (χ3n) is 5.07. The van der Waals surface area contributed by atoms with Gasteiger partial charge in [0.05, 0.1) is 0 Å². The van der Waals surface area contributed by atoms with E-state index < -0.39 is 0 Å². The average molecular weight is 427 g/mol. The first-order valence-corrected chi connectivity index (χ1v) is 13.9. The normalized spacial score (nSPS) is 11.2. The van der Waals surface area contributed by atoms with E-state index in [1.807, 2.05) is 6.92 Å². The molecule has 0 radical (unpaired) electrons. The highest BCUT2D eigenvalue weighted by Gasteiger charge is 2.00. The Morgan fingerprint density at radius 3 is 1.71 bits per heavy atom. The Morgan fingerprint density at radius 1 is 0.786 bits per heavy atom. The Labute approximate surface area is 181 Å². The zero-order valence-corrected chi connectivity index (χ0v) is 19.9. The van der Waals surface area contributed by atoms with Gasteiger partial charge < -0.3 is 4.98 Å². The lowest BCUT2D eigenvalue weighted by molar-refractivity contribution is 0.532. The fourth-order valence-corrected chi connectivity index (χ4v) is 5.41. The van der Waals surface area contributed by atoms with Gasteiger partial charge in [-0.3, -0.25) is 4.79 Å². The van der Waals surface area contributed by atoms with Crippen LogP contribution in [0.25, 0.3) is 0 Å². The highest BCUT2D eigenvalue weighted by atomic mass is 33.1. The van der Waals surface area contributed by atoms with Gasteiger partial charge in [0, 0.05) is 17.5 Å². The van der Waals surface area contributed by atoms with Crippen LogP contribution in [-0.4, -0.2) is 15.7 Å². The summed E-state index contributed by atoms with van der Waals surface area (Å²) in [6, 6.07) is 1.53. The lowest BCUT2D eigenvalue weighted by atomic mass is 10.0. The molecule has 0 amide bonds. The van der Waals surface area contributed by atoms with Crippen molar-refractivity contribution in [2.24, 2.45) is 0 Å². The molecule has 28 heavy (non-hydrogen) atoms. The van der Waals surface area contributed by atoms with E-state index in [1.54, 1.807) is 21.6 Å². The average Bonchev–Trinajstić information content (AvgIpc) is 2.66. The lowest BCUT2D eigenvalue weighted by Gasteiger charge is -2.04. The molecule has 0 aliphatic carbocycles. The zero-order chi connectivity index (χ0) is 20.3. The molecule has 5 heteroatoms. The van der Waals surface area contributed by atoms with Crippen LogP contribution in [0, 0.1) is 6.92 Å². The van der Waals surface area contributed by atoms with Gasteiger partial charge in [-0.15, -0.1) is 0 Å². The molecule has 0 aliphatic heterocycles. The fraction of sp³-hybridized carbons (Fsp3) is 0.826. The minimum absolute atomic E-state index is 0.0574. The van der Waals surface area contributed by atoms with Crippen molar-refractivity contribution in [3.8, 4) is 0 Å². The first-order chi connectivity index (χ1) is 13.7. The summed E-state index contributed by atoms with van der Waals surface area (Å²) in [7, 11) is 3.38. The van der Waals surface area contributed by atoms with Crippen molar-refractivity contribution >= 4 is 21.6 Å². The highest BCUT2D eigenvalue weighted by molar-refractivity contribution is 8.76. The predicted molar refractivity (Wildman–Crippen MR) is 127 cm³/mol. The third-order valence-corrected chi connectivity index (χ3v) is 7.32. The number of H-pyrrole nitrogens is 1. The van der Waals surface area contributed by atoms with Gasteiger partial charge in [-0.1, -0.05) is 114 Å². The van der Waals surface area contributed by atoms with Crippen LogP contribution < -0.4 is 5.56 Å². The molecule has 1 aromatic rings. The molecule has 0 saturated carbocycles. The molecular formula is C23H42N2OS2. The summed E-state index contributed by atoms with van der Waals surface area (Å²) < 4.78 is 0. The number of aromatic amines is 1. The minimum Gasteiger partial charge on any atom is -0.301 e. The predicted octanol–water partition coefficient (Wildman–Crippen LogP) is 8.08. The molecule has 1 N–H and O–H groups in total. The highest BCUT2D eigenvalue weighted by Crippen LogP contribution is 2.28. The van der Waals surface area contributed by atoms with Gasteiger partial charge >= 0.3 is 0 Å². The van der Waals surface area contributed by atoms with Crippen molar-refractivity contribution in [2.45, 2.75) is 122 Å². The van der Waals surface area contributed by atoms with Crippen LogP contribution in [0.1, 0.15) is 115 Å². The van der Waals surface area contributed by atoms with Crippen molar-refractivity contribution < 1.29 is 0 Å². The van der Waals surface area contributed by atoms with Crippen molar-refractivity contribution in [1.29, 1.82) is 0 Å². The van der Waals surface area contributed by atoms with Crippen LogP contribution in [0.4, 0.5) is 0 Å². The van der Waals surface area contributed by atoms with E-state index in [2.05, 4.69) is 16.9 Å². The van der Waals surface area contributed by atoms with E-state index in [4.69, 9.17) is 0 Å². The molecular weight excluding hydrogens is 384 g/mol. The van der Waals surface area contributed by atoms with Crippen molar-refractivity contribution in [1.82, 2.24) is 9.97 Å². The number of rotatable bonds is 19. The Morgan fingerprint density at radius 2 is 1.25 bits per heavy atom. The summed E-state index contributed by atoms with van der Waals surface area (Å²) in [5, 5.41) is 0.728. The Balaban J connectivity index is 1.77. The van der Waals surface area contributed by atoms with Gasteiger partial charge in [0.2, 0.25) is 0 Å². The van der Waals surface area contributed by atoms with Crippen LogP contribution in [-0.2, 0) is 0 Å². The Kier molecular flexibility index (Phi) is 17.0. The number of nitrogens with zero attached hydrogens (tertiary/aromatic N) is 1. The minimum atomic E-state index is -0.0574. The summed E-state index contributed by atoms with van der Waals surface area (Å²) >= 11 is 0. The molecule has 3 nitrogen and oxygen atoms in total. The summed E-state index contributed by atoms with van der Waals surface area (Å²) in [5.74, 6) is 1.13. The SMILES string of the molecule is CCCCCCCCCCCCCCCCCCSSc1nc(C)cc(=O)[nH]1. The van der Waals surface area contributed by atoms with Gasteiger partial charge in [-0.25, -0.2) is 4.98 Å². The molecule has 0 atom stereocenters. The van der Waals surface area contributed by atoms with Crippen LogP contribution in [0.5, 0.6) is 0 Å². The first-order valence-electron chi connectivity index (χ1n) is 11.6. The Bertz CT molecular complexity index is 534. The van der Waals surface area contributed by atoms with Gasteiger partial charge in [-0.05, 0) is 24.1 Å². The van der Waals surface area contributed by atoms with Gasteiger partial charge in [0.1, 0.15) is 0 Å². The summed E-state index contributed by atoms with van der Waals surface area (Å²) in [5.41, 5.74) is 0.729. The maximum atomic E-state index is 11.4. The molecule has 0 unspecified atom stereocenters. The fourth-order valence-electron chi connectivity index (χ4n) is 3.40. The quantitative estimate of drug-likeness (QED) is 0.138. The van der Waals surface area contributed by atoms with Gasteiger partial charge in [0.25, 0.3) is 5.56 Å². The molecule has 1 heterocycles. The number of aryl methyl sites for hydroxylation is 1. The summed E-state index contributed by atoms with van der Waals surface area (Å²) in [4.78, 5) is 18.5. The number of aromatic nitrogens is 2. The number of hydrogen-bond acceptors (Lipinski definition) is 4.